The molecule has 1 aromatic carbocycles. The Morgan fingerprint density at radius 1 is 1.44 bits per heavy atom. The topological polar surface area (TPSA) is 75.3 Å². The van der Waals surface area contributed by atoms with Crippen LogP contribution >= 0.6 is 11.6 Å². The summed E-state index contributed by atoms with van der Waals surface area (Å²) >= 11 is 5.84. The maximum atomic E-state index is 11.6. The van der Waals surface area contributed by atoms with Crippen LogP contribution < -0.4 is 11.1 Å². The summed E-state index contributed by atoms with van der Waals surface area (Å²) in [7, 11) is 0. The van der Waals surface area contributed by atoms with Crippen molar-refractivity contribution in [3.63, 3.8) is 0 Å². The first-order valence-corrected chi connectivity index (χ1v) is 5.49. The van der Waals surface area contributed by atoms with Gasteiger partial charge in [-0.15, -0.1) is 0 Å². The Balaban J connectivity index is 2.55. The zero-order valence-corrected chi connectivity index (χ0v) is 9.63. The fraction of sp³-hybridized carbons (Fsp3) is 0.364. The molecule has 0 aliphatic rings. The molecule has 0 aliphatic carbocycles. The van der Waals surface area contributed by atoms with Crippen LogP contribution in [-0.2, 0) is 0 Å². The van der Waals surface area contributed by atoms with Crippen LogP contribution in [0.4, 0.5) is 0 Å². The number of hydrogen-bond acceptors (Lipinski definition) is 3. The molecule has 16 heavy (non-hydrogen) atoms. The SMILES string of the molecule is NCCCCNC(=O)c1cc(O)ccc1Cl. The zero-order valence-electron chi connectivity index (χ0n) is 8.87. The summed E-state index contributed by atoms with van der Waals surface area (Å²) in [6.07, 6.45) is 1.70. The van der Waals surface area contributed by atoms with Crippen LogP contribution in [-0.4, -0.2) is 24.1 Å². The summed E-state index contributed by atoms with van der Waals surface area (Å²) in [5.41, 5.74) is 5.62. The minimum absolute atomic E-state index is 0.0245. The molecule has 0 unspecified atom stereocenters. The van der Waals surface area contributed by atoms with Crippen LogP contribution in [0.5, 0.6) is 5.75 Å². The van der Waals surface area contributed by atoms with E-state index in [0.717, 1.165) is 12.8 Å². The average molecular weight is 243 g/mol. The summed E-state index contributed by atoms with van der Waals surface area (Å²) < 4.78 is 0. The van der Waals surface area contributed by atoms with Gasteiger partial charge in [0.25, 0.3) is 5.91 Å². The zero-order chi connectivity index (χ0) is 12.0. The number of nitrogens with one attached hydrogen (secondary N) is 1. The molecule has 1 amide bonds. The highest BCUT2D eigenvalue weighted by atomic mass is 35.5. The van der Waals surface area contributed by atoms with Crippen molar-refractivity contribution in [2.45, 2.75) is 12.8 Å². The molecule has 5 heteroatoms. The predicted octanol–water partition coefficient (Wildman–Crippen LogP) is 1.51. The van der Waals surface area contributed by atoms with Gasteiger partial charge in [-0.1, -0.05) is 11.6 Å². The van der Waals surface area contributed by atoms with Crippen LogP contribution in [0.1, 0.15) is 23.2 Å². The van der Waals surface area contributed by atoms with Gasteiger partial charge in [0.05, 0.1) is 10.6 Å². The predicted molar refractivity (Wildman–Crippen MR) is 63.7 cm³/mol. The van der Waals surface area contributed by atoms with Gasteiger partial charge in [-0.05, 0) is 37.6 Å². The Bertz CT molecular complexity index is 369. The molecular weight excluding hydrogens is 228 g/mol. The second-order valence-electron chi connectivity index (χ2n) is 3.42. The Kier molecular flexibility index (Phi) is 5.08. The molecule has 88 valence electrons. The Labute approximate surface area is 99.4 Å². The minimum atomic E-state index is -0.280. The van der Waals surface area contributed by atoms with Crippen molar-refractivity contribution < 1.29 is 9.90 Å². The van der Waals surface area contributed by atoms with Gasteiger partial charge < -0.3 is 16.2 Å². The lowest BCUT2D eigenvalue weighted by Crippen LogP contribution is -2.25. The van der Waals surface area contributed by atoms with Crippen LogP contribution in [0.2, 0.25) is 5.02 Å². The molecule has 1 rings (SSSR count). The van der Waals surface area contributed by atoms with Gasteiger partial charge in [0, 0.05) is 6.54 Å². The van der Waals surface area contributed by atoms with Crippen molar-refractivity contribution in [3.05, 3.63) is 28.8 Å². The number of unbranched alkanes of at least 4 members (excludes halogenated alkanes) is 1. The largest absolute Gasteiger partial charge is 0.508 e. The Hall–Kier alpha value is -1.26. The van der Waals surface area contributed by atoms with E-state index in [-0.39, 0.29) is 17.2 Å². The molecule has 0 heterocycles. The Morgan fingerprint density at radius 3 is 2.88 bits per heavy atom. The lowest BCUT2D eigenvalue weighted by atomic mass is 10.2. The maximum Gasteiger partial charge on any atom is 0.252 e. The van der Waals surface area contributed by atoms with Gasteiger partial charge in [0.1, 0.15) is 5.75 Å². The highest BCUT2D eigenvalue weighted by Gasteiger charge is 2.10. The highest BCUT2D eigenvalue weighted by molar-refractivity contribution is 6.33. The average Bonchev–Trinajstić information content (AvgIpc) is 2.27. The smallest absolute Gasteiger partial charge is 0.252 e. The standard InChI is InChI=1S/C11H15ClN2O2/c12-10-4-3-8(15)7-9(10)11(16)14-6-2-1-5-13/h3-4,7,15H,1-2,5-6,13H2,(H,14,16). The van der Waals surface area contributed by atoms with E-state index in [1.807, 2.05) is 0 Å². The van der Waals surface area contributed by atoms with Crippen LogP contribution in [0.15, 0.2) is 18.2 Å². The van der Waals surface area contributed by atoms with Crippen LogP contribution in [0.25, 0.3) is 0 Å². The van der Waals surface area contributed by atoms with E-state index in [1.54, 1.807) is 0 Å². The van der Waals surface area contributed by atoms with E-state index in [2.05, 4.69) is 5.32 Å². The lowest BCUT2D eigenvalue weighted by Gasteiger charge is -2.06. The number of phenolic OH excluding ortho intramolecular Hbond substituents is 1. The van der Waals surface area contributed by atoms with Gasteiger partial charge in [-0.25, -0.2) is 0 Å². The number of benzene rings is 1. The van der Waals surface area contributed by atoms with E-state index in [0.29, 0.717) is 18.1 Å². The number of carbonyl (C=O) groups is 1. The molecule has 0 aromatic heterocycles. The second-order valence-corrected chi connectivity index (χ2v) is 3.82. The molecule has 0 saturated carbocycles. The molecule has 4 nitrogen and oxygen atoms in total. The van der Waals surface area contributed by atoms with Crippen molar-refractivity contribution >= 4 is 17.5 Å². The van der Waals surface area contributed by atoms with E-state index in [9.17, 15) is 9.90 Å². The third-order valence-electron chi connectivity index (χ3n) is 2.11. The number of hydrogen-bond donors (Lipinski definition) is 3. The highest BCUT2D eigenvalue weighted by Crippen LogP contribution is 2.20. The second kappa shape index (κ2) is 6.35. The van der Waals surface area contributed by atoms with Crippen molar-refractivity contribution in [3.8, 4) is 5.75 Å². The van der Waals surface area contributed by atoms with Gasteiger partial charge in [0.2, 0.25) is 0 Å². The molecule has 4 N–H and O–H groups in total. The molecular formula is C11H15ClN2O2. The van der Waals surface area contributed by atoms with E-state index >= 15 is 0 Å². The van der Waals surface area contributed by atoms with Crippen molar-refractivity contribution in [1.29, 1.82) is 0 Å². The van der Waals surface area contributed by atoms with Gasteiger partial charge >= 0.3 is 0 Å². The fourth-order valence-corrected chi connectivity index (χ4v) is 1.46. The normalized spacial score (nSPS) is 10.1. The first kappa shape index (κ1) is 12.8. The number of nitrogens with two attached hydrogens (primary N) is 1. The molecule has 0 aliphatic heterocycles. The van der Waals surface area contributed by atoms with Crippen molar-refractivity contribution in [1.82, 2.24) is 5.32 Å². The first-order valence-electron chi connectivity index (χ1n) is 5.12. The third-order valence-corrected chi connectivity index (χ3v) is 2.44. The molecule has 0 atom stereocenters. The van der Waals surface area contributed by atoms with Crippen LogP contribution in [0.3, 0.4) is 0 Å². The number of amides is 1. The molecule has 0 fully saturated rings. The summed E-state index contributed by atoms with van der Waals surface area (Å²) in [6.45, 7) is 1.17. The summed E-state index contributed by atoms with van der Waals surface area (Å²) in [5.74, 6) is -0.255. The summed E-state index contributed by atoms with van der Waals surface area (Å²) in [6, 6.07) is 4.28. The number of carbonyl (C=O) groups excluding carboxylic acids is 1. The van der Waals surface area contributed by atoms with Gasteiger partial charge in [-0.3, -0.25) is 4.79 Å². The molecule has 0 saturated heterocycles. The molecule has 0 bridgehead atoms. The number of rotatable bonds is 5. The molecule has 1 aromatic rings. The fourth-order valence-electron chi connectivity index (χ4n) is 1.25. The summed E-state index contributed by atoms with van der Waals surface area (Å²) in [5, 5.41) is 12.3. The van der Waals surface area contributed by atoms with Gasteiger partial charge in [0.15, 0.2) is 0 Å². The van der Waals surface area contributed by atoms with Crippen LogP contribution in [0, 0.1) is 0 Å². The van der Waals surface area contributed by atoms with Crippen molar-refractivity contribution in [2.24, 2.45) is 5.73 Å². The minimum Gasteiger partial charge on any atom is -0.508 e. The number of aromatic hydroxyl groups is 1. The first-order chi connectivity index (χ1) is 7.65. The van der Waals surface area contributed by atoms with E-state index in [4.69, 9.17) is 17.3 Å². The van der Waals surface area contributed by atoms with E-state index < -0.39 is 0 Å². The number of halogens is 1. The Morgan fingerprint density at radius 2 is 2.19 bits per heavy atom. The van der Waals surface area contributed by atoms with Gasteiger partial charge in [-0.2, -0.15) is 0 Å². The third kappa shape index (κ3) is 3.72. The molecule has 0 spiro atoms. The monoisotopic (exact) mass is 242 g/mol. The summed E-state index contributed by atoms with van der Waals surface area (Å²) in [4.78, 5) is 11.6. The number of phenols is 1. The quantitative estimate of drug-likeness (QED) is 0.686. The maximum absolute atomic E-state index is 11.6. The molecule has 0 radical (unpaired) electrons. The lowest BCUT2D eigenvalue weighted by molar-refractivity contribution is 0.0953. The van der Waals surface area contributed by atoms with E-state index in [1.165, 1.54) is 18.2 Å². The van der Waals surface area contributed by atoms with Crippen molar-refractivity contribution in [2.75, 3.05) is 13.1 Å².